The van der Waals surface area contributed by atoms with Crippen LogP contribution in [0.5, 0.6) is 0 Å². The van der Waals surface area contributed by atoms with Gasteiger partial charge in [-0.2, -0.15) is 26.3 Å². The Morgan fingerprint density at radius 3 is 2.37 bits per heavy atom. The first kappa shape index (κ1) is 24.2. The van der Waals surface area contributed by atoms with Gasteiger partial charge in [0.05, 0.1) is 12.1 Å². The van der Waals surface area contributed by atoms with E-state index >= 15 is 0 Å². The number of halogens is 7. The largest absolute Gasteiger partial charge is 0.433 e. The highest BCUT2D eigenvalue weighted by Crippen LogP contribution is 2.42. The number of nitrogens with one attached hydrogen (secondary N) is 1. The van der Waals surface area contributed by atoms with E-state index in [1.165, 1.54) is 4.90 Å². The minimum Gasteiger partial charge on any atom is -0.378 e. The molecule has 0 spiro atoms. The van der Waals surface area contributed by atoms with Crippen molar-refractivity contribution >= 4 is 28.5 Å². The normalized spacial score (nSPS) is 21.4. The number of benzene rings is 1. The molecule has 1 aromatic carbocycles. The molecule has 12 heteroatoms. The van der Waals surface area contributed by atoms with Crippen molar-refractivity contribution in [2.24, 2.45) is 0 Å². The lowest BCUT2D eigenvalue weighted by molar-refractivity contribution is -0.147. The second-order valence-corrected chi connectivity index (χ2v) is 9.26. The maximum atomic E-state index is 13.5. The number of aromatic amines is 1. The lowest BCUT2D eigenvalue weighted by Crippen LogP contribution is -2.40. The Bertz CT molecular complexity index is 1200. The summed E-state index contributed by atoms with van der Waals surface area (Å²) in [7, 11) is 0. The van der Waals surface area contributed by atoms with Crippen LogP contribution in [-0.4, -0.2) is 34.2 Å². The molecule has 1 N–H and O–H groups in total. The molecule has 5 rings (SSSR count). The number of nitrogens with zero attached hydrogens (tertiary/aromatic N) is 3. The molecule has 188 valence electrons. The molecule has 0 amide bonds. The monoisotopic (exact) mass is 518 g/mol. The van der Waals surface area contributed by atoms with Crippen molar-refractivity contribution in [1.82, 2.24) is 15.0 Å². The Morgan fingerprint density at radius 2 is 1.74 bits per heavy atom. The molecule has 5 nitrogen and oxygen atoms in total. The molecule has 2 aromatic heterocycles. The molecular formula is C23H21ClF6N4O. The number of alkyl halides is 6. The zero-order valence-electron chi connectivity index (χ0n) is 18.3. The lowest BCUT2D eigenvalue weighted by atomic mass is 9.92. The summed E-state index contributed by atoms with van der Waals surface area (Å²) in [6.07, 6.45) is -6.96. The van der Waals surface area contributed by atoms with Crippen LogP contribution in [0.25, 0.3) is 10.9 Å². The molecule has 4 heterocycles. The fraction of sp³-hybridized carbons (Fsp3) is 0.478. The maximum Gasteiger partial charge on any atom is 0.433 e. The van der Waals surface area contributed by atoms with Crippen LogP contribution in [0.4, 0.5) is 32.3 Å². The zero-order valence-corrected chi connectivity index (χ0v) is 19.1. The van der Waals surface area contributed by atoms with Gasteiger partial charge in [-0.15, -0.1) is 0 Å². The SMILES string of the molecule is FC(F)(F)c1cc(C(F)(F)F)nc(N2CCc3c([nH]c4ccc(Cl)cc34)[C@@H]2CC2CCCCO2)n1. The van der Waals surface area contributed by atoms with Gasteiger partial charge < -0.3 is 14.6 Å². The Labute approximate surface area is 201 Å². The lowest BCUT2D eigenvalue weighted by Gasteiger charge is -2.38. The summed E-state index contributed by atoms with van der Waals surface area (Å²) in [5.41, 5.74) is -0.829. The molecule has 0 bridgehead atoms. The third kappa shape index (κ3) is 4.80. The molecule has 0 saturated carbocycles. The van der Waals surface area contributed by atoms with Crippen LogP contribution in [0.1, 0.15) is 54.4 Å². The topological polar surface area (TPSA) is 54.0 Å². The van der Waals surface area contributed by atoms with Crippen LogP contribution in [-0.2, 0) is 23.5 Å². The molecule has 2 aliphatic rings. The summed E-state index contributed by atoms with van der Waals surface area (Å²) in [5.74, 6) is -0.602. The van der Waals surface area contributed by atoms with Crippen molar-refractivity contribution in [3.05, 3.63) is 51.9 Å². The van der Waals surface area contributed by atoms with Crippen molar-refractivity contribution in [2.75, 3.05) is 18.1 Å². The van der Waals surface area contributed by atoms with E-state index in [2.05, 4.69) is 15.0 Å². The predicted octanol–water partition coefficient (Wildman–Crippen LogP) is 6.71. The van der Waals surface area contributed by atoms with E-state index in [1.807, 2.05) is 0 Å². The Balaban J connectivity index is 1.63. The molecule has 2 aliphatic heterocycles. The molecule has 1 fully saturated rings. The molecule has 1 saturated heterocycles. The van der Waals surface area contributed by atoms with E-state index in [-0.39, 0.29) is 18.7 Å². The van der Waals surface area contributed by atoms with Crippen LogP contribution in [0.3, 0.4) is 0 Å². The first-order valence-corrected chi connectivity index (χ1v) is 11.6. The number of fused-ring (bicyclic) bond motifs is 3. The van der Waals surface area contributed by atoms with Crippen LogP contribution in [0.2, 0.25) is 5.02 Å². The first-order valence-electron chi connectivity index (χ1n) is 11.2. The number of hydrogen-bond acceptors (Lipinski definition) is 4. The van der Waals surface area contributed by atoms with E-state index in [1.54, 1.807) is 18.2 Å². The number of H-pyrrole nitrogens is 1. The number of hydrogen-bond donors (Lipinski definition) is 1. The third-order valence-electron chi connectivity index (χ3n) is 6.53. The van der Waals surface area contributed by atoms with Crippen LogP contribution < -0.4 is 4.90 Å². The Hall–Kier alpha value is -2.53. The van der Waals surface area contributed by atoms with E-state index in [0.717, 1.165) is 35.7 Å². The van der Waals surface area contributed by atoms with Gasteiger partial charge in [0.25, 0.3) is 0 Å². The van der Waals surface area contributed by atoms with Gasteiger partial charge in [-0.1, -0.05) is 11.6 Å². The predicted molar refractivity (Wildman–Crippen MR) is 117 cm³/mol. The average Bonchev–Trinajstić information content (AvgIpc) is 3.17. The number of ether oxygens (including phenoxy) is 1. The average molecular weight is 519 g/mol. The van der Waals surface area contributed by atoms with Crippen molar-refractivity contribution in [3.8, 4) is 0 Å². The van der Waals surface area contributed by atoms with E-state index < -0.39 is 35.7 Å². The van der Waals surface area contributed by atoms with Gasteiger partial charge in [0.15, 0.2) is 11.4 Å². The standard InChI is InChI=1S/C23H21ClF6N4O/c24-12-4-5-16-15(9-12)14-6-7-34(17(20(14)31-16)10-13-3-1-2-8-35-13)21-32-18(22(25,26)27)11-19(33-21)23(28,29)30/h4-5,9,11,13,17,31H,1-3,6-8,10H2/t13?,17-/m0/s1. The van der Waals surface area contributed by atoms with E-state index in [4.69, 9.17) is 16.3 Å². The molecular weight excluding hydrogens is 498 g/mol. The Kier molecular flexibility index (Phi) is 6.11. The van der Waals surface area contributed by atoms with E-state index in [0.29, 0.717) is 30.2 Å². The summed E-state index contributed by atoms with van der Waals surface area (Å²) in [4.78, 5) is 11.8. The molecule has 35 heavy (non-hydrogen) atoms. The minimum absolute atomic E-state index is 0.0525. The third-order valence-corrected chi connectivity index (χ3v) is 6.76. The van der Waals surface area contributed by atoms with Gasteiger partial charge in [0, 0.05) is 34.8 Å². The smallest absolute Gasteiger partial charge is 0.378 e. The quantitative estimate of drug-likeness (QED) is 0.391. The number of aromatic nitrogens is 3. The number of rotatable bonds is 3. The summed E-state index contributed by atoms with van der Waals surface area (Å²) in [5, 5.41) is 1.41. The molecule has 0 aliphatic carbocycles. The van der Waals surface area contributed by atoms with Gasteiger partial charge >= 0.3 is 12.4 Å². The summed E-state index contributed by atoms with van der Waals surface area (Å²) >= 11 is 6.18. The molecule has 1 unspecified atom stereocenters. The van der Waals surface area contributed by atoms with Crippen molar-refractivity contribution in [3.63, 3.8) is 0 Å². The summed E-state index contributed by atoms with van der Waals surface area (Å²) in [6.45, 7) is 0.702. The molecule has 0 radical (unpaired) electrons. The summed E-state index contributed by atoms with van der Waals surface area (Å²) in [6, 6.07) is 4.67. The first-order chi connectivity index (χ1) is 16.5. The zero-order chi connectivity index (χ0) is 25.0. The highest BCUT2D eigenvalue weighted by atomic mass is 35.5. The van der Waals surface area contributed by atoms with Crippen molar-refractivity contribution in [1.29, 1.82) is 0 Å². The van der Waals surface area contributed by atoms with E-state index in [9.17, 15) is 26.3 Å². The second kappa shape index (κ2) is 8.85. The van der Waals surface area contributed by atoms with Crippen molar-refractivity contribution in [2.45, 2.75) is 56.6 Å². The minimum atomic E-state index is -5.06. The van der Waals surface area contributed by atoms with Crippen LogP contribution in [0.15, 0.2) is 24.3 Å². The fourth-order valence-electron chi connectivity index (χ4n) is 4.92. The number of anilines is 1. The van der Waals surface area contributed by atoms with Gasteiger partial charge in [-0.3, -0.25) is 0 Å². The van der Waals surface area contributed by atoms with Crippen LogP contribution >= 0.6 is 11.6 Å². The highest BCUT2D eigenvalue weighted by molar-refractivity contribution is 6.31. The maximum absolute atomic E-state index is 13.5. The molecule has 2 atom stereocenters. The summed E-state index contributed by atoms with van der Waals surface area (Å²) < 4.78 is 86.7. The van der Waals surface area contributed by atoms with Crippen molar-refractivity contribution < 1.29 is 31.1 Å². The van der Waals surface area contributed by atoms with Gasteiger partial charge in [-0.25, -0.2) is 9.97 Å². The molecule has 3 aromatic rings. The highest BCUT2D eigenvalue weighted by Gasteiger charge is 2.42. The fourth-order valence-corrected chi connectivity index (χ4v) is 5.09. The van der Waals surface area contributed by atoms with Gasteiger partial charge in [-0.05, 0) is 61.9 Å². The van der Waals surface area contributed by atoms with Crippen LogP contribution in [0, 0.1) is 0 Å². The second-order valence-electron chi connectivity index (χ2n) is 8.82. The van der Waals surface area contributed by atoms with Gasteiger partial charge in [0.2, 0.25) is 5.95 Å². The Morgan fingerprint density at radius 1 is 1.03 bits per heavy atom. The van der Waals surface area contributed by atoms with Gasteiger partial charge in [0.1, 0.15) is 0 Å².